The van der Waals surface area contributed by atoms with Crippen LogP contribution in [0.5, 0.6) is 11.5 Å². The molecule has 0 fully saturated rings. The number of nitrogens with zero attached hydrogens (tertiary/aromatic N) is 2. The largest absolute Gasteiger partial charge is 0.457 e. The van der Waals surface area contributed by atoms with E-state index in [1.165, 1.54) is 16.0 Å². The van der Waals surface area contributed by atoms with Gasteiger partial charge in [-0.25, -0.2) is 4.98 Å². The standard InChI is InChI=1S/C35H27N3O2S2/c39-33(31-23-12-4-7-15-27(23)40-28-16-8-5-13-24(28)31)37-35-32(34-36-26-14-6-9-17-29(26)41-34)25-18-19-38(21-30(25)42-35)20-22-10-2-1-3-11-22/h1-17,31H,18-21H2,(H,37,39). The number of nitrogens with one attached hydrogen (secondary N) is 1. The molecule has 0 radical (unpaired) electrons. The van der Waals surface area contributed by atoms with Gasteiger partial charge in [-0.05, 0) is 41.8 Å². The first-order valence-electron chi connectivity index (χ1n) is 14.1. The molecule has 0 spiro atoms. The molecule has 6 aromatic rings. The molecular formula is C35H27N3O2S2. The van der Waals surface area contributed by atoms with Crippen molar-refractivity contribution >= 4 is 43.8 Å². The lowest BCUT2D eigenvalue weighted by Crippen LogP contribution is -2.29. The summed E-state index contributed by atoms with van der Waals surface area (Å²) in [6.45, 7) is 2.72. The van der Waals surface area contributed by atoms with Gasteiger partial charge in [-0.2, -0.15) is 0 Å². The third-order valence-electron chi connectivity index (χ3n) is 8.07. The number of fused-ring (bicyclic) bond motifs is 4. The molecule has 0 saturated heterocycles. The maximum atomic E-state index is 14.3. The fourth-order valence-electron chi connectivity index (χ4n) is 6.10. The van der Waals surface area contributed by atoms with Gasteiger partial charge in [0.2, 0.25) is 5.91 Å². The highest BCUT2D eigenvalue weighted by atomic mass is 32.1. The summed E-state index contributed by atoms with van der Waals surface area (Å²) in [5, 5.41) is 5.25. The zero-order chi connectivity index (χ0) is 28.0. The molecule has 42 heavy (non-hydrogen) atoms. The van der Waals surface area contributed by atoms with E-state index < -0.39 is 5.92 Å². The number of aromatic nitrogens is 1. The minimum atomic E-state index is -0.469. The Kier molecular flexibility index (Phi) is 6.36. The van der Waals surface area contributed by atoms with Crippen LogP contribution in [0.1, 0.15) is 33.0 Å². The molecule has 4 heterocycles. The lowest BCUT2D eigenvalue weighted by Gasteiger charge is -2.27. The van der Waals surface area contributed by atoms with Gasteiger partial charge in [0, 0.05) is 41.2 Å². The van der Waals surface area contributed by atoms with E-state index in [0.717, 1.165) is 74.5 Å². The summed E-state index contributed by atoms with van der Waals surface area (Å²) in [6.07, 6.45) is 0.919. The predicted molar refractivity (Wildman–Crippen MR) is 171 cm³/mol. The molecule has 7 heteroatoms. The van der Waals surface area contributed by atoms with Gasteiger partial charge < -0.3 is 10.1 Å². The number of thiophene rings is 1. The Hall–Kier alpha value is -4.30. The Morgan fingerprint density at radius 3 is 2.31 bits per heavy atom. The number of thiazole rings is 1. The van der Waals surface area contributed by atoms with Crippen molar-refractivity contribution in [3.05, 3.63) is 130 Å². The van der Waals surface area contributed by atoms with Crippen molar-refractivity contribution in [2.45, 2.75) is 25.4 Å². The number of anilines is 1. The molecule has 0 unspecified atom stereocenters. The van der Waals surface area contributed by atoms with Crippen LogP contribution in [0.25, 0.3) is 20.8 Å². The third-order valence-corrected chi connectivity index (χ3v) is 10.3. The first-order chi connectivity index (χ1) is 20.7. The Bertz CT molecular complexity index is 1870. The van der Waals surface area contributed by atoms with Gasteiger partial charge in [0.05, 0.1) is 16.1 Å². The molecule has 5 nitrogen and oxygen atoms in total. The molecule has 0 bridgehead atoms. The molecule has 2 aliphatic heterocycles. The van der Waals surface area contributed by atoms with Crippen molar-refractivity contribution in [1.29, 1.82) is 0 Å². The summed E-state index contributed by atoms with van der Waals surface area (Å²) in [7, 11) is 0. The number of hydrogen-bond acceptors (Lipinski definition) is 6. The molecule has 0 atom stereocenters. The normalized spacial score (nSPS) is 14.6. The molecule has 2 aromatic heterocycles. The number of hydrogen-bond donors (Lipinski definition) is 1. The summed E-state index contributed by atoms with van der Waals surface area (Å²) in [5.41, 5.74) is 6.46. The van der Waals surface area contributed by atoms with Gasteiger partial charge in [-0.3, -0.25) is 9.69 Å². The zero-order valence-corrected chi connectivity index (χ0v) is 24.4. The fourth-order valence-corrected chi connectivity index (χ4v) is 8.51. The Morgan fingerprint density at radius 1 is 0.857 bits per heavy atom. The van der Waals surface area contributed by atoms with E-state index >= 15 is 0 Å². The highest BCUT2D eigenvalue weighted by molar-refractivity contribution is 7.23. The number of amides is 1. The van der Waals surface area contributed by atoms with Crippen molar-refractivity contribution in [1.82, 2.24) is 9.88 Å². The van der Waals surface area contributed by atoms with E-state index in [0.29, 0.717) is 0 Å². The minimum Gasteiger partial charge on any atom is -0.457 e. The van der Waals surface area contributed by atoms with Gasteiger partial charge in [0.15, 0.2) is 0 Å². The van der Waals surface area contributed by atoms with Crippen molar-refractivity contribution in [2.24, 2.45) is 0 Å². The topological polar surface area (TPSA) is 54.5 Å². The van der Waals surface area contributed by atoms with Gasteiger partial charge in [0.1, 0.15) is 21.5 Å². The van der Waals surface area contributed by atoms with Crippen LogP contribution in [0, 0.1) is 0 Å². The molecule has 1 N–H and O–H groups in total. The summed E-state index contributed by atoms with van der Waals surface area (Å²) in [5.74, 6) is 0.929. The quantitative estimate of drug-likeness (QED) is 0.221. The molecule has 2 aliphatic rings. The predicted octanol–water partition coefficient (Wildman–Crippen LogP) is 8.46. The van der Waals surface area contributed by atoms with Crippen LogP contribution >= 0.6 is 22.7 Å². The molecule has 0 aliphatic carbocycles. The van der Waals surface area contributed by atoms with E-state index in [1.807, 2.05) is 54.6 Å². The highest BCUT2D eigenvalue weighted by Crippen LogP contribution is 2.48. The maximum absolute atomic E-state index is 14.3. The Labute approximate surface area is 252 Å². The number of rotatable bonds is 5. The average Bonchev–Trinajstić information content (AvgIpc) is 3.60. The van der Waals surface area contributed by atoms with E-state index in [9.17, 15) is 4.79 Å². The van der Waals surface area contributed by atoms with Gasteiger partial charge in [0.25, 0.3) is 0 Å². The maximum Gasteiger partial charge on any atom is 0.237 e. The number of carbonyl (C=O) groups is 1. The SMILES string of the molecule is O=C(Nc1sc2c(c1-c1nc3ccccc3s1)CCN(Cc1ccccc1)C2)C1c2ccccc2Oc2ccccc21. The highest BCUT2D eigenvalue weighted by Gasteiger charge is 2.34. The second-order valence-electron chi connectivity index (χ2n) is 10.7. The number of para-hydroxylation sites is 3. The lowest BCUT2D eigenvalue weighted by atomic mass is 9.87. The molecule has 8 rings (SSSR count). The van der Waals surface area contributed by atoms with Crippen LogP contribution in [-0.2, 0) is 24.3 Å². The first-order valence-corrected chi connectivity index (χ1v) is 15.8. The van der Waals surface area contributed by atoms with Crippen LogP contribution < -0.4 is 10.1 Å². The van der Waals surface area contributed by atoms with Crippen LogP contribution in [-0.4, -0.2) is 22.3 Å². The molecule has 4 aromatic carbocycles. The number of carbonyl (C=O) groups excluding carboxylic acids is 1. The fraction of sp³-hybridized carbons (Fsp3) is 0.143. The Balaban J connectivity index is 1.19. The second-order valence-corrected chi connectivity index (χ2v) is 12.9. The van der Waals surface area contributed by atoms with Crippen molar-refractivity contribution in [3.8, 4) is 22.1 Å². The second kappa shape index (κ2) is 10.5. The van der Waals surface area contributed by atoms with Crippen molar-refractivity contribution in [3.63, 3.8) is 0 Å². The molecule has 1 amide bonds. The van der Waals surface area contributed by atoms with E-state index in [-0.39, 0.29) is 5.91 Å². The summed E-state index contributed by atoms with van der Waals surface area (Å²) < 4.78 is 7.32. The smallest absolute Gasteiger partial charge is 0.237 e. The summed E-state index contributed by atoms with van der Waals surface area (Å²) in [4.78, 5) is 23.1. The van der Waals surface area contributed by atoms with E-state index in [1.54, 1.807) is 22.7 Å². The molecule has 206 valence electrons. The van der Waals surface area contributed by atoms with Crippen LogP contribution in [0.3, 0.4) is 0 Å². The third kappa shape index (κ3) is 4.50. The monoisotopic (exact) mass is 585 g/mol. The zero-order valence-electron chi connectivity index (χ0n) is 22.7. The van der Waals surface area contributed by atoms with Crippen LogP contribution in [0.15, 0.2) is 103 Å². The summed E-state index contributed by atoms with van der Waals surface area (Å²) >= 11 is 3.39. The Morgan fingerprint density at radius 2 is 1.55 bits per heavy atom. The van der Waals surface area contributed by atoms with Crippen molar-refractivity contribution in [2.75, 3.05) is 11.9 Å². The molecule has 0 saturated carbocycles. The average molecular weight is 586 g/mol. The first kappa shape index (κ1) is 25.4. The van der Waals surface area contributed by atoms with Crippen LogP contribution in [0.2, 0.25) is 0 Å². The summed E-state index contributed by atoms with van der Waals surface area (Å²) in [6, 6.07) is 34.6. The van der Waals surface area contributed by atoms with E-state index in [4.69, 9.17) is 9.72 Å². The van der Waals surface area contributed by atoms with Gasteiger partial charge in [-0.15, -0.1) is 22.7 Å². The minimum absolute atomic E-state index is 0.0553. The van der Waals surface area contributed by atoms with Crippen molar-refractivity contribution < 1.29 is 9.53 Å². The van der Waals surface area contributed by atoms with Gasteiger partial charge >= 0.3 is 0 Å². The van der Waals surface area contributed by atoms with E-state index in [2.05, 4.69) is 58.7 Å². The number of benzene rings is 4. The van der Waals surface area contributed by atoms with Gasteiger partial charge in [-0.1, -0.05) is 78.9 Å². The van der Waals surface area contributed by atoms with Crippen LogP contribution in [0.4, 0.5) is 5.00 Å². The number of ether oxygens (including phenoxy) is 1. The molecular weight excluding hydrogens is 559 g/mol. The lowest BCUT2D eigenvalue weighted by molar-refractivity contribution is -0.116.